The van der Waals surface area contributed by atoms with Gasteiger partial charge in [0.05, 0.1) is 17.7 Å². The number of hydrogen-bond donors (Lipinski definition) is 0. The molecule has 0 atom stereocenters. The zero-order valence-electron chi connectivity index (χ0n) is 23.4. The average molecular weight is 519 g/mol. The normalized spacial score (nSPS) is 24.2. The molecule has 6 rings (SSSR count). The summed E-state index contributed by atoms with van der Waals surface area (Å²) in [6.07, 6.45) is 10.9. The van der Waals surface area contributed by atoms with Gasteiger partial charge in [-0.1, -0.05) is 12.1 Å². The molecular weight excluding hydrogens is 476 g/mol. The molecule has 1 saturated carbocycles. The van der Waals surface area contributed by atoms with Crippen LogP contribution < -0.4 is 0 Å². The topological polar surface area (TPSA) is 59.8 Å². The third-order valence-corrected chi connectivity index (χ3v) is 8.90. The summed E-state index contributed by atoms with van der Waals surface area (Å²) in [5.41, 5.74) is 3.59. The molecule has 4 heterocycles. The number of likely N-dealkylation sites (tertiary alicyclic amines) is 2. The molecule has 2 aromatic heterocycles. The smallest absolute Gasteiger partial charge is 0.410 e. The number of amides is 1. The number of pyridine rings is 1. The Morgan fingerprint density at radius 1 is 0.921 bits per heavy atom. The summed E-state index contributed by atoms with van der Waals surface area (Å²) in [6.45, 7) is 9.55. The van der Waals surface area contributed by atoms with Crippen molar-refractivity contribution >= 4 is 27.9 Å². The maximum absolute atomic E-state index is 12.3. The van der Waals surface area contributed by atoms with E-state index in [1.54, 1.807) is 0 Å². The van der Waals surface area contributed by atoms with Crippen molar-refractivity contribution in [2.75, 3.05) is 26.2 Å². The number of ether oxygens (including phenoxy) is 2. The number of benzene rings is 1. The van der Waals surface area contributed by atoms with Crippen LogP contribution >= 0.6 is 0 Å². The minimum Gasteiger partial charge on any atom is -0.444 e. The van der Waals surface area contributed by atoms with Gasteiger partial charge in [-0.3, -0.25) is 4.98 Å². The molecule has 0 radical (unpaired) electrons. The number of piperidine rings is 2. The van der Waals surface area contributed by atoms with E-state index in [4.69, 9.17) is 9.47 Å². The fourth-order valence-corrected chi connectivity index (χ4v) is 6.64. The minimum absolute atomic E-state index is 0.197. The zero-order valence-corrected chi connectivity index (χ0v) is 23.4. The van der Waals surface area contributed by atoms with Crippen LogP contribution in [0, 0.1) is 0 Å². The SMILES string of the molecule is Cn1c2ccncc2c2ccc(C3CCN(C4CC(OC5CCN(C(=O)OC(C)(C)C)CC5)C4)CC3)cc21. The Kier molecular flexibility index (Phi) is 6.85. The molecule has 1 aliphatic carbocycles. The maximum atomic E-state index is 12.3. The first-order valence-electron chi connectivity index (χ1n) is 14.4. The molecule has 3 aromatic rings. The molecule has 7 nitrogen and oxygen atoms in total. The molecule has 0 spiro atoms. The monoisotopic (exact) mass is 518 g/mol. The number of fused-ring (bicyclic) bond motifs is 3. The third-order valence-electron chi connectivity index (χ3n) is 8.90. The van der Waals surface area contributed by atoms with E-state index in [1.165, 1.54) is 53.3 Å². The van der Waals surface area contributed by atoms with E-state index in [9.17, 15) is 4.79 Å². The summed E-state index contributed by atoms with van der Waals surface area (Å²) in [5.74, 6) is 0.633. The van der Waals surface area contributed by atoms with Gasteiger partial charge in [-0.2, -0.15) is 0 Å². The number of hydrogen-bond acceptors (Lipinski definition) is 5. The van der Waals surface area contributed by atoms with E-state index < -0.39 is 5.60 Å². The second kappa shape index (κ2) is 10.2. The molecule has 1 aromatic carbocycles. The maximum Gasteiger partial charge on any atom is 0.410 e. The minimum atomic E-state index is -0.442. The molecule has 7 heteroatoms. The second-order valence-electron chi connectivity index (χ2n) is 12.6. The first-order valence-corrected chi connectivity index (χ1v) is 14.4. The van der Waals surface area contributed by atoms with Gasteiger partial charge in [0.25, 0.3) is 0 Å². The van der Waals surface area contributed by atoms with Gasteiger partial charge in [0.1, 0.15) is 5.60 Å². The van der Waals surface area contributed by atoms with E-state index in [-0.39, 0.29) is 12.2 Å². The summed E-state index contributed by atoms with van der Waals surface area (Å²) in [4.78, 5) is 21.2. The molecule has 2 saturated heterocycles. The zero-order chi connectivity index (χ0) is 26.4. The highest BCUT2D eigenvalue weighted by molar-refractivity contribution is 6.07. The number of rotatable bonds is 4. The largest absolute Gasteiger partial charge is 0.444 e. The first-order chi connectivity index (χ1) is 18.2. The van der Waals surface area contributed by atoms with E-state index in [0.29, 0.717) is 18.1 Å². The van der Waals surface area contributed by atoms with Crippen LogP contribution in [0.25, 0.3) is 21.8 Å². The van der Waals surface area contributed by atoms with Crippen molar-refractivity contribution < 1.29 is 14.3 Å². The highest BCUT2D eigenvalue weighted by Gasteiger charge is 2.38. The van der Waals surface area contributed by atoms with Crippen LogP contribution in [0.1, 0.15) is 70.8 Å². The van der Waals surface area contributed by atoms with Gasteiger partial charge >= 0.3 is 6.09 Å². The lowest BCUT2D eigenvalue weighted by Crippen LogP contribution is -2.52. The molecule has 1 amide bonds. The molecule has 204 valence electrons. The Balaban J connectivity index is 0.957. The Morgan fingerprint density at radius 2 is 1.66 bits per heavy atom. The van der Waals surface area contributed by atoms with Gasteiger partial charge in [-0.25, -0.2) is 4.79 Å². The lowest BCUT2D eigenvalue weighted by molar-refractivity contribution is -0.105. The molecule has 0 unspecified atom stereocenters. The Bertz CT molecular complexity index is 1290. The third kappa shape index (κ3) is 5.15. The Hall–Kier alpha value is -2.64. The number of nitrogens with zero attached hydrogens (tertiary/aromatic N) is 4. The van der Waals surface area contributed by atoms with E-state index in [0.717, 1.165) is 38.8 Å². The van der Waals surface area contributed by atoms with Crippen molar-refractivity contribution in [1.82, 2.24) is 19.4 Å². The predicted molar refractivity (Wildman–Crippen MR) is 150 cm³/mol. The molecule has 0 bridgehead atoms. The van der Waals surface area contributed by atoms with Crippen molar-refractivity contribution in [3.05, 3.63) is 42.2 Å². The van der Waals surface area contributed by atoms with Crippen molar-refractivity contribution in [1.29, 1.82) is 0 Å². The van der Waals surface area contributed by atoms with E-state index >= 15 is 0 Å². The summed E-state index contributed by atoms with van der Waals surface area (Å²) < 4.78 is 14.3. The van der Waals surface area contributed by atoms with Crippen molar-refractivity contribution in [3.63, 3.8) is 0 Å². The molecule has 0 N–H and O–H groups in total. The number of carbonyl (C=O) groups excluding carboxylic acids is 1. The van der Waals surface area contributed by atoms with Gasteiger partial charge in [-0.15, -0.1) is 0 Å². The van der Waals surface area contributed by atoms with Crippen LogP contribution in [-0.4, -0.2) is 75.5 Å². The predicted octanol–water partition coefficient (Wildman–Crippen LogP) is 5.85. The van der Waals surface area contributed by atoms with Crippen molar-refractivity contribution in [2.24, 2.45) is 7.05 Å². The highest BCUT2D eigenvalue weighted by Crippen LogP contribution is 2.37. The fraction of sp³-hybridized carbons (Fsp3) is 0.613. The molecule has 38 heavy (non-hydrogen) atoms. The lowest BCUT2D eigenvalue weighted by Gasteiger charge is -2.47. The van der Waals surface area contributed by atoms with Crippen LogP contribution in [0.4, 0.5) is 4.79 Å². The molecule has 2 aliphatic heterocycles. The van der Waals surface area contributed by atoms with Gasteiger partial charge in [0, 0.05) is 54.9 Å². The number of aromatic nitrogens is 2. The Morgan fingerprint density at radius 3 is 2.37 bits per heavy atom. The van der Waals surface area contributed by atoms with Crippen LogP contribution in [0.15, 0.2) is 36.7 Å². The fourth-order valence-electron chi connectivity index (χ4n) is 6.64. The molecule has 3 aliphatic rings. The van der Waals surface area contributed by atoms with Crippen LogP contribution in [0.5, 0.6) is 0 Å². The summed E-state index contributed by atoms with van der Waals surface area (Å²) in [5, 5.41) is 2.54. The summed E-state index contributed by atoms with van der Waals surface area (Å²) >= 11 is 0. The number of aryl methyl sites for hydroxylation is 1. The van der Waals surface area contributed by atoms with E-state index in [2.05, 4.69) is 45.8 Å². The summed E-state index contributed by atoms with van der Waals surface area (Å²) in [6, 6.07) is 9.83. The summed E-state index contributed by atoms with van der Waals surface area (Å²) in [7, 11) is 2.16. The standard InChI is InChI=1S/C31H42N4O3/c1-31(2,3)38-30(36)35-15-10-24(11-16-35)37-25-18-23(19-25)34-13-8-21(9-14-34)22-5-6-26-27-20-32-12-7-28(27)33(4)29(26)17-22/h5-7,12,17,20-21,23-25H,8-11,13-16,18-19H2,1-4H3. The Labute approximate surface area is 226 Å². The van der Waals surface area contributed by atoms with Crippen molar-refractivity contribution in [3.8, 4) is 0 Å². The van der Waals surface area contributed by atoms with Crippen LogP contribution in [0.2, 0.25) is 0 Å². The quantitative estimate of drug-likeness (QED) is 0.433. The van der Waals surface area contributed by atoms with Gasteiger partial charge in [-0.05, 0) is 96.0 Å². The van der Waals surface area contributed by atoms with Crippen molar-refractivity contribution in [2.45, 2.75) is 89.1 Å². The highest BCUT2D eigenvalue weighted by atomic mass is 16.6. The first kappa shape index (κ1) is 25.6. The second-order valence-corrected chi connectivity index (χ2v) is 12.6. The van der Waals surface area contributed by atoms with Gasteiger partial charge in [0.2, 0.25) is 0 Å². The van der Waals surface area contributed by atoms with Crippen LogP contribution in [-0.2, 0) is 16.5 Å². The lowest BCUT2D eigenvalue weighted by atomic mass is 9.83. The molecule has 3 fully saturated rings. The van der Waals surface area contributed by atoms with Crippen LogP contribution in [0.3, 0.4) is 0 Å². The van der Waals surface area contributed by atoms with E-state index in [1.807, 2.05) is 38.1 Å². The average Bonchev–Trinajstić information content (AvgIpc) is 3.17. The van der Waals surface area contributed by atoms with Gasteiger partial charge in [0.15, 0.2) is 0 Å². The van der Waals surface area contributed by atoms with Gasteiger partial charge < -0.3 is 23.8 Å². The number of carbonyl (C=O) groups is 1. The molecular formula is C31H42N4O3.